The Labute approximate surface area is 191 Å². The van der Waals surface area contributed by atoms with E-state index in [9.17, 15) is 19.2 Å². The van der Waals surface area contributed by atoms with Crippen molar-refractivity contribution in [1.29, 1.82) is 0 Å². The van der Waals surface area contributed by atoms with Crippen LogP contribution in [0.3, 0.4) is 0 Å². The van der Waals surface area contributed by atoms with Gasteiger partial charge < -0.3 is 42.3 Å². The molecule has 0 saturated carbocycles. The van der Waals surface area contributed by atoms with Gasteiger partial charge in [0.2, 0.25) is 0 Å². The van der Waals surface area contributed by atoms with Crippen molar-refractivity contribution < 1.29 is 38.5 Å². The first-order chi connectivity index (χ1) is 15.4. The molecule has 4 atom stereocenters. The molecule has 0 unspecified atom stereocenters. The van der Waals surface area contributed by atoms with Crippen LogP contribution >= 0.6 is 0 Å². The fourth-order valence-corrected chi connectivity index (χ4v) is 2.52. The zero-order valence-corrected chi connectivity index (χ0v) is 18.6. The number of rotatable bonds is 13. The van der Waals surface area contributed by atoms with Crippen molar-refractivity contribution in [1.82, 2.24) is 0 Å². The first-order valence-corrected chi connectivity index (χ1v) is 10.3. The lowest BCUT2D eigenvalue weighted by atomic mass is 10.1. The Morgan fingerprint density at radius 1 is 0.788 bits per heavy atom. The molecule has 1 rings (SSSR count). The summed E-state index contributed by atoms with van der Waals surface area (Å²) in [6.07, 6.45) is 0.534. The summed E-state index contributed by atoms with van der Waals surface area (Å²) in [5.41, 5.74) is 23.1. The number of hydrogen-bond donors (Lipinski definition) is 5. The van der Waals surface area contributed by atoms with Gasteiger partial charge in [-0.05, 0) is 36.5 Å². The molecule has 33 heavy (non-hydrogen) atoms. The highest BCUT2D eigenvalue weighted by atomic mass is 16.6. The number of esters is 3. The second kappa shape index (κ2) is 13.5. The third-order valence-electron chi connectivity index (χ3n) is 4.36. The van der Waals surface area contributed by atoms with Crippen LogP contribution in [0.2, 0.25) is 0 Å². The predicted molar refractivity (Wildman–Crippen MR) is 117 cm³/mol. The molecule has 0 radical (unpaired) electrons. The van der Waals surface area contributed by atoms with E-state index in [0.29, 0.717) is 12.0 Å². The van der Waals surface area contributed by atoms with Crippen molar-refractivity contribution in [3.8, 4) is 5.75 Å². The molecular weight excluding hydrogens is 436 g/mol. The topological polar surface area (TPSA) is 220 Å². The number of nitrogens with two attached hydrogens (primary N) is 4. The third kappa shape index (κ3) is 10.4. The Morgan fingerprint density at radius 2 is 1.27 bits per heavy atom. The summed E-state index contributed by atoms with van der Waals surface area (Å²) in [6.45, 7) is 2.87. The Hall–Kier alpha value is -3.06. The Balaban J connectivity index is 2.42. The van der Waals surface area contributed by atoms with Gasteiger partial charge in [0, 0.05) is 0 Å². The highest BCUT2D eigenvalue weighted by molar-refractivity contribution is 5.80. The van der Waals surface area contributed by atoms with E-state index in [1.165, 1.54) is 12.1 Å². The van der Waals surface area contributed by atoms with Gasteiger partial charge in [-0.1, -0.05) is 26.0 Å². The Morgan fingerprint density at radius 3 is 1.76 bits per heavy atom. The second-order valence-electron chi connectivity index (χ2n) is 7.92. The van der Waals surface area contributed by atoms with Gasteiger partial charge in [-0.3, -0.25) is 14.4 Å². The average molecular weight is 469 g/mol. The summed E-state index contributed by atoms with van der Waals surface area (Å²) in [6, 6.07) is 1.60. The van der Waals surface area contributed by atoms with Gasteiger partial charge in [0.05, 0.1) is 0 Å². The molecule has 12 heteroatoms. The number of hydrogen-bond acceptors (Lipinski definition) is 11. The molecular formula is C21H32N4O8. The standard InChI is InChI=1S/C21H32N4O8/c1-11(2)7-15(23)19(28)31-9-16(24)20(29)32-10-17(25)21(30)33-13-5-3-12(4-6-13)8-14(22)18(26)27/h3-6,11,14-17H,7-10,22-25H2,1-2H3,(H,26,27)/t14-,15-,16-,17-/m0/s1. The van der Waals surface area contributed by atoms with Gasteiger partial charge in [-0.2, -0.15) is 0 Å². The number of carbonyl (C=O) groups excluding carboxylic acids is 3. The maximum Gasteiger partial charge on any atom is 0.331 e. The van der Waals surface area contributed by atoms with Crippen LogP contribution in [0.25, 0.3) is 0 Å². The van der Waals surface area contributed by atoms with Gasteiger partial charge in [0.15, 0.2) is 0 Å². The van der Waals surface area contributed by atoms with Crippen molar-refractivity contribution in [2.24, 2.45) is 28.9 Å². The molecule has 1 aromatic rings. The molecule has 0 aliphatic carbocycles. The SMILES string of the molecule is CC(C)C[C@H](N)C(=O)OC[C@H](N)C(=O)OC[C@H](N)C(=O)Oc1ccc(C[C@H](N)C(=O)O)cc1. The van der Waals surface area contributed by atoms with Gasteiger partial charge in [-0.15, -0.1) is 0 Å². The summed E-state index contributed by atoms with van der Waals surface area (Å²) >= 11 is 0. The lowest BCUT2D eigenvalue weighted by Gasteiger charge is -2.17. The molecule has 0 heterocycles. The van der Waals surface area contributed by atoms with Crippen LogP contribution in [0, 0.1) is 5.92 Å². The number of aliphatic carboxylic acids is 1. The van der Waals surface area contributed by atoms with Crippen LogP contribution in [0.15, 0.2) is 24.3 Å². The summed E-state index contributed by atoms with van der Waals surface area (Å²) < 4.78 is 14.9. The molecule has 9 N–H and O–H groups in total. The van der Waals surface area contributed by atoms with E-state index in [1.54, 1.807) is 12.1 Å². The summed E-state index contributed by atoms with van der Waals surface area (Å²) in [4.78, 5) is 46.6. The number of carboxylic acids is 1. The first-order valence-electron chi connectivity index (χ1n) is 10.3. The van der Waals surface area contributed by atoms with Crippen LogP contribution in [0.1, 0.15) is 25.8 Å². The third-order valence-corrected chi connectivity index (χ3v) is 4.36. The van der Waals surface area contributed by atoms with Crippen molar-refractivity contribution in [2.75, 3.05) is 13.2 Å². The molecule has 184 valence electrons. The maximum atomic E-state index is 12.1. The average Bonchev–Trinajstić information content (AvgIpc) is 2.75. The van der Waals surface area contributed by atoms with Crippen LogP contribution in [0.5, 0.6) is 5.75 Å². The number of carbonyl (C=O) groups is 4. The van der Waals surface area contributed by atoms with E-state index in [1.807, 2.05) is 13.8 Å². The minimum Gasteiger partial charge on any atom is -0.480 e. The molecule has 0 aliphatic rings. The molecule has 12 nitrogen and oxygen atoms in total. The van der Waals surface area contributed by atoms with E-state index < -0.39 is 61.3 Å². The monoisotopic (exact) mass is 468 g/mol. The number of benzene rings is 1. The van der Waals surface area contributed by atoms with Crippen molar-refractivity contribution in [2.45, 2.75) is 50.9 Å². The van der Waals surface area contributed by atoms with Gasteiger partial charge >= 0.3 is 23.9 Å². The largest absolute Gasteiger partial charge is 0.480 e. The van der Waals surface area contributed by atoms with E-state index in [2.05, 4.69) is 0 Å². The van der Waals surface area contributed by atoms with Crippen LogP contribution in [0.4, 0.5) is 0 Å². The van der Waals surface area contributed by atoms with Crippen molar-refractivity contribution in [3.05, 3.63) is 29.8 Å². The Bertz CT molecular complexity index is 815. The normalized spacial score (nSPS) is 14.6. The number of ether oxygens (including phenoxy) is 3. The molecule has 0 aromatic heterocycles. The van der Waals surface area contributed by atoms with Gasteiger partial charge in [0.1, 0.15) is 43.1 Å². The fraction of sp³-hybridized carbons (Fsp3) is 0.524. The molecule has 0 fully saturated rings. The Kier molecular flexibility index (Phi) is 11.4. The molecule has 0 amide bonds. The van der Waals surface area contributed by atoms with E-state index in [4.69, 9.17) is 42.3 Å². The van der Waals surface area contributed by atoms with Crippen LogP contribution < -0.4 is 27.7 Å². The summed E-state index contributed by atoms with van der Waals surface area (Å²) in [7, 11) is 0. The minimum atomic E-state index is -1.29. The molecule has 0 spiro atoms. The van der Waals surface area contributed by atoms with Crippen LogP contribution in [-0.2, 0) is 35.1 Å². The van der Waals surface area contributed by atoms with Crippen molar-refractivity contribution in [3.63, 3.8) is 0 Å². The van der Waals surface area contributed by atoms with E-state index in [-0.39, 0.29) is 18.1 Å². The number of carboxylic acid groups (broad SMARTS) is 1. The first kappa shape index (κ1) is 28.0. The van der Waals surface area contributed by atoms with E-state index >= 15 is 0 Å². The maximum absolute atomic E-state index is 12.1. The van der Waals surface area contributed by atoms with E-state index in [0.717, 1.165) is 0 Å². The molecule has 0 aliphatic heterocycles. The molecule has 0 bridgehead atoms. The lowest BCUT2D eigenvalue weighted by Crippen LogP contribution is -2.44. The zero-order chi connectivity index (χ0) is 25.1. The zero-order valence-electron chi connectivity index (χ0n) is 18.6. The van der Waals surface area contributed by atoms with Gasteiger partial charge in [-0.25, -0.2) is 4.79 Å². The summed E-state index contributed by atoms with van der Waals surface area (Å²) in [5.74, 6) is -3.22. The molecule has 0 saturated heterocycles. The van der Waals surface area contributed by atoms with Crippen LogP contribution in [-0.4, -0.2) is 66.4 Å². The highest BCUT2D eigenvalue weighted by Crippen LogP contribution is 2.14. The van der Waals surface area contributed by atoms with Gasteiger partial charge in [0.25, 0.3) is 0 Å². The molecule has 1 aromatic carbocycles. The highest BCUT2D eigenvalue weighted by Gasteiger charge is 2.24. The van der Waals surface area contributed by atoms with Crippen molar-refractivity contribution >= 4 is 23.9 Å². The fourth-order valence-electron chi connectivity index (χ4n) is 2.52. The lowest BCUT2D eigenvalue weighted by molar-refractivity contribution is -0.153. The predicted octanol–water partition coefficient (Wildman–Crippen LogP) is -1.34. The smallest absolute Gasteiger partial charge is 0.331 e. The quantitative estimate of drug-likeness (QED) is 0.168. The summed E-state index contributed by atoms with van der Waals surface area (Å²) in [5, 5.41) is 8.83. The second-order valence-corrected chi connectivity index (χ2v) is 7.92. The minimum absolute atomic E-state index is 0.109.